The lowest BCUT2D eigenvalue weighted by Gasteiger charge is -2.04. The van der Waals surface area contributed by atoms with Crippen LogP contribution in [0.2, 0.25) is 0 Å². The maximum atomic E-state index is 12.0. The van der Waals surface area contributed by atoms with Crippen LogP contribution in [0, 0.1) is 6.92 Å². The molecule has 7 nitrogen and oxygen atoms in total. The van der Waals surface area contributed by atoms with Crippen LogP contribution in [-0.2, 0) is 12.2 Å². The number of nitrogens with zero attached hydrogens (tertiary/aromatic N) is 3. The zero-order valence-electron chi connectivity index (χ0n) is 13.8. The fourth-order valence-corrected chi connectivity index (χ4v) is 3.60. The number of anilines is 2. The summed E-state index contributed by atoms with van der Waals surface area (Å²) in [5.74, 6) is 2.68. The Kier molecular flexibility index (Phi) is 5.67. The molecule has 2 N–H and O–H groups in total. The van der Waals surface area contributed by atoms with Crippen LogP contribution in [0.3, 0.4) is 0 Å². The van der Waals surface area contributed by atoms with Gasteiger partial charge in [-0.2, -0.15) is 0 Å². The Labute approximate surface area is 153 Å². The number of aryl methyl sites for hydroxylation is 2. The molecule has 0 saturated carbocycles. The van der Waals surface area contributed by atoms with Crippen molar-refractivity contribution in [2.45, 2.75) is 30.2 Å². The Hall–Kier alpha value is -2.39. The average molecular weight is 375 g/mol. The highest BCUT2D eigenvalue weighted by Crippen LogP contribution is 2.30. The van der Waals surface area contributed by atoms with Crippen molar-refractivity contribution in [3.8, 4) is 0 Å². The van der Waals surface area contributed by atoms with Crippen molar-refractivity contribution >= 4 is 40.1 Å². The summed E-state index contributed by atoms with van der Waals surface area (Å²) < 4.78 is 6.54. The van der Waals surface area contributed by atoms with Crippen molar-refractivity contribution < 1.29 is 9.21 Å². The first-order valence-corrected chi connectivity index (χ1v) is 9.45. The molecule has 0 bridgehead atoms. The minimum Gasteiger partial charge on any atom is -0.445 e. The molecule has 0 radical (unpaired) electrons. The lowest BCUT2D eigenvalue weighted by atomic mass is 10.3. The molecule has 3 aromatic heterocycles. The van der Waals surface area contributed by atoms with Crippen LogP contribution < -0.4 is 10.6 Å². The van der Waals surface area contributed by atoms with Crippen LogP contribution in [0.1, 0.15) is 24.1 Å². The predicted octanol–water partition coefficient (Wildman–Crippen LogP) is 4.33. The van der Waals surface area contributed by atoms with Gasteiger partial charge in [-0.15, -0.1) is 11.8 Å². The number of amides is 2. The van der Waals surface area contributed by atoms with Crippen molar-refractivity contribution in [2.75, 3.05) is 10.6 Å². The van der Waals surface area contributed by atoms with E-state index >= 15 is 0 Å². The van der Waals surface area contributed by atoms with Crippen LogP contribution in [0.4, 0.5) is 15.7 Å². The standard InChI is InChI=1S/C16H17N5O2S2/c1-3-11-7-18-13(23-11)9-24-14-8-19-16(25-14)21-15(22)20-12-5-4-10(2)6-17-12/h4-8H,3,9H2,1-2H3,(H2,17,19,20,21,22). The quantitative estimate of drug-likeness (QED) is 0.623. The summed E-state index contributed by atoms with van der Waals surface area (Å²) in [4.78, 5) is 24.5. The highest BCUT2D eigenvalue weighted by Gasteiger charge is 2.09. The number of oxazole rings is 1. The second kappa shape index (κ2) is 8.13. The third-order valence-corrected chi connectivity index (χ3v) is 5.24. The molecular formula is C16H17N5O2S2. The molecule has 3 rings (SSSR count). The summed E-state index contributed by atoms with van der Waals surface area (Å²) in [5.41, 5.74) is 1.03. The largest absolute Gasteiger partial charge is 0.445 e. The highest BCUT2D eigenvalue weighted by atomic mass is 32.2. The summed E-state index contributed by atoms with van der Waals surface area (Å²) in [5, 5.41) is 5.89. The Morgan fingerprint density at radius 1 is 1.20 bits per heavy atom. The summed E-state index contributed by atoms with van der Waals surface area (Å²) >= 11 is 2.96. The van der Waals surface area contributed by atoms with Crippen LogP contribution in [0.25, 0.3) is 0 Å². The molecule has 0 spiro atoms. The van der Waals surface area contributed by atoms with Gasteiger partial charge in [0.2, 0.25) is 5.89 Å². The molecule has 0 aromatic carbocycles. The number of hydrogen-bond acceptors (Lipinski definition) is 7. The second-order valence-electron chi connectivity index (χ2n) is 5.15. The van der Waals surface area contributed by atoms with Gasteiger partial charge in [0.15, 0.2) is 5.13 Å². The fourth-order valence-electron chi connectivity index (χ4n) is 1.88. The lowest BCUT2D eigenvalue weighted by Crippen LogP contribution is -2.19. The van der Waals surface area contributed by atoms with Gasteiger partial charge in [-0.1, -0.05) is 24.3 Å². The van der Waals surface area contributed by atoms with Gasteiger partial charge in [-0.05, 0) is 18.6 Å². The Morgan fingerprint density at radius 2 is 2.08 bits per heavy atom. The van der Waals surface area contributed by atoms with E-state index in [4.69, 9.17) is 4.42 Å². The molecule has 0 unspecified atom stereocenters. The molecule has 3 aromatic rings. The second-order valence-corrected chi connectivity index (χ2v) is 7.45. The van der Waals surface area contributed by atoms with E-state index in [2.05, 4.69) is 25.6 Å². The van der Waals surface area contributed by atoms with Crippen molar-refractivity contribution in [3.63, 3.8) is 0 Å². The molecule has 130 valence electrons. The zero-order chi connectivity index (χ0) is 17.6. The van der Waals surface area contributed by atoms with Gasteiger partial charge in [-0.3, -0.25) is 10.6 Å². The Balaban J connectivity index is 1.50. The Morgan fingerprint density at radius 3 is 2.80 bits per heavy atom. The van der Waals surface area contributed by atoms with Crippen molar-refractivity contribution in [1.82, 2.24) is 15.0 Å². The van der Waals surface area contributed by atoms with E-state index in [-0.39, 0.29) is 6.03 Å². The van der Waals surface area contributed by atoms with E-state index in [9.17, 15) is 4.79 Å². The van der Waals surface area contributed by atoms with Gasteiger partial charge >= 0.3 is 6.03 Å². The minimum atomic E-state index is -0.373. The molecule has 0 aliphatic heterocycles. The molecule has 25 heavy (non-hydrogen) atoms. The first-order valence-electron chi connectivity index (χ1n) is 7.65. The molecule has 0 atom stereocenters. The summed E-state index contributed by atoms with van der Waals surface area (Å²) in [6, 6.07) is 3.26. The molecule has 3 heterocycles. The van der Waals surface area contributed by atoms with E-state index in [1.165, 1.54) is 11.3 Å². The molecule has 0 aliphatic rings. The number of hydrogen-bond donors (Lipinski definition) is 2. The summed E-state index contributed by atoms with van der Waals surface area (Å²) in [6.45, 7) is 3.96. The lowest BCUT2D eigenvalue weighted by molar-refractivity contribution is 0.262. The van der Waals surface area contributed by atoms with Gasteiger partial charge in [0.1, 0.15) is 11.6 Å². The van der Waals surface area contributed by atoms with Gasteiger partial charge in [0.05, 0.1) is 22.4 Å². The number of urea groups is 1. The zero-order valence-corrected chi connectivity index (χ0v) is 15.4. The number of rotatable bonds is 6. The number of thioether (sulfide) groups is 1. The maximum Gasteiger partial charge on any atom is 0.326 e. The van der Waals surface area contributed by atoms with E-state index < -0.39 is 0 Å². The average Bonchev–Trinajstić information content (AvgIpc) is 3.24. The third kappa shape index (κ3) is 5.04. The number of pyridine rings is 1. The summed E-state index contributed by atoms with van der Waals surface area (Å²) in [7, 11) is 0. The number of carbonyl (C=O) groups is 1. The third-order valence-electron chi connectivity index (χ3n) is 3.15. The van der Waals surface area contributed by atoms with Gasteiger partial charge < -0.3 is 4.42 Å². The molecule has 0 saturated heterocycles. The van der Waals surface area contributed by atoms with Crippen molar-refractivity contribution in [2.24, 2.45) is 0 Å². The molecule has 9 heteroatoms. The van der Waals surface area contributed by atoms with Gasteiger partial charge in [0.25, 0.3) is 0 Å². The van der Waals surface area contributed by atoms with E-state index in [0.717, 1.165) is 22.0 Å². The van der Waals surface area contributed by atoms with Gasteiger partial charge in [0, 0.05) is 12.6 Å². The van der Waals surface area contributed by atoms with Crippen LogP contribution >= 0.6 is 23.1 Å². The first-order chi connectivity index (χ1) is 12.1. The molecule has 2 amide bonds. The van der Waals surface area contributed by atoms with Crippen LogP contribution in [0.15, 0.2) is 39.3 Å². The topological polar surface area (TPSA) is 92.9 Å². The normalized spacial score (nSPS) is 10.6. The molecular weight excluding hydrogens is 358 g/mol. The number of nitrogens with one attached hydrogen (secondary N) is 2. The Bertz CT molecular complexity index is 844. The first kappa shape index (κ1) is 17.4. The fraction of sp³-hybridized carbons (Fsp3) is 0.250. The van der Waals surface area contributed by atoms with Crippen LogP contribution in [-0.4, -0.2) is 21.0 Å². The number of aromatic nitrogens is 3. The number of carbonyl (C=O) groups excluding carboxylic acids is 1. The molecule has 0 fully saturated rings. The monoisotopic (exact) mass is 375 g/mol. The SMILES string of the molecule is CCc1cnc(CSc2cnc(NC(=O)Nc3ccc(C)cn3)s2)o1. The smallest absolute Gasteiger partial charge is 0.326 e. The maximum absolute atomic E-state index is 12.0. The van der Waals surface area contributed by atoms with Crippen LogP contribution in [0.5, 0.6) is 0 Å². The van der Waals surface area contributed by atoms with Crippen molar-refractivity contribution in [3.05, 3.63) is 47.9 Å². The molecule has 0 aliphatic carbocycles. The van der Waals surface area contributed by atoms with E-state index in [1.54, 1.807) is 36.4 Å². The van der Waals surface area contributed by atoms with Gasteiger partial charge in [-0.25, -0.2) is 19.7 Å². The van der Waals surface area contributed by atoms with E-state index in [0.29, 0.717) is 22.6 Å². The predicted molar refractivity (Wildman–Crippen MR) is 99.2 cm³/mol. The summed E-state index contributed by atoms with van der Waals surface area (Å²) in [6.07, 6.45) is 6.00. The highest BCUT2D eigenvalue weighted by molar-refractivity contribution is 8.00. The van der Waals surface area contributed by atoms with Crippen molar-refractivity contribution in [1.29, 1.82) is 0 Å². The number of thiazole rings is 1. The van der Waals surface area contributed by atoms with E-state index in [1.807, 2.05) is 19.9 Å². The minimum absolute atomic E-state index is 0.373.